The maximum atomic E-state index is 12.9. The molecule has 0 spiro atoms. The fourth-order valence-electron chi connectivity index (χ4n) is 3.21. The van der Waals surface area contributed by atoms with E-state index >= 15 is 0 Å². The first-order valence-electron chi connectivity index (χ1n) is 9.05. The summed E-state index contributed by atoms with van der Waals surface area (Å²) in [6.07, 6.45) is -6.92. The van der Waals surface area contributed by atoms with Crippen LogP contribution in [0.4, 0.5) is 26.3 Å². The Morgan fingerprint density at radius 1 is 1.12 bits per heavy atom. The van der Waals surface area contributed by atoms with Crippen molar-refractivity contribution < 1.29 is 35.9 Å². The van der Waals surface area contributed by atoms with Crippen LogP contribution >= 0.6 is 0 Å². The molecular formula is C18H14F6N6O2. The molecule has 32 heavy (non-hydrogen) atoms. The summed E-state index contributed by atoms with van der Waals surface area (Å²) in [5.41, 5.74) is -1.70. The highest BCUT2D eigenvalue weighted by atomic mass is 19.4. The fraction of sp³-hybridized carbons (Fsp3) is 0.333. The first-order valence-corrected chi connectivity index (χ1v) is 9.05. The molecule has 4 rings (SSSR count). The van der Waals surface area contributed by atoms with Crippen molar-refractivity contribution in [2.75, 3.05) is 6.61 Å². The summed E-state index contributed by atoms with van der Waals surface area (Å²) in [6, 6.07) is 1.99. The number of alkyl halides is 6. The summed E-state index contributed by atoms with van der Waals surface area (Å²) in [5.74, 6) is -0.826. The predicted molar refractivity (Wildman–Crippen MR) is 94.4 cm³/mol. The van der Waals surface area contributed by atoms with Gasteiger partial charge in [0.25, 0.3) is 5.91 Å². The fourth-order valence-corrected chi connectivity index (χ4v) is 3.21. The monoisotopic (exact) mass is 460 g/mol. The van der Waals surface area contributed by atoms with Gasteiger partial charge in [-0.15, -0.1) is 0 Å². The summed E-state index contributed by atoms with van der Waals surface area (Å²) in [7, 11) is 1.20. The maximum Gasteiger partial charge on any atom is 0.435 e. The third-order valence-electron chi connectivity index (χ3n) is 4.73. The molecule has 170 valence electrons. The van der Waals surface area contributed by atoms with E-state index in [1.807, 2.05) is 0 Å². The van der Waals surface area contributed by atoms with Crippen LogP contribution < -0.4 is 5.32 Å². The zero-order valence-electron chi connectivity index (χ0n) is 16.2. The highest BCUT2D eigenvalue weighted by Gasteiger charge is 2.36. The Balaban J connectivity index is 1.60. The molecule has 1 atom stereocenters. The lowest BCUT2D eigenvalue weighted by Gasteiger charge is -2.22. The van der Waals surface area contributed by atoms with Crippen LogP contribution in [0.3, 0.4) is 0 Å². The number of carbonyl (C=O) groups is 1. The number of aromatic nitrogens is 5. The highest BCUT2D eigenvalue weighted by Crippen LogP contribution is 2.31. The van der Waals surface area contributed by atoms with Crippen LogP contribution in [-0.2, 0) is 30.7 Å². The number of carbonyl (C=O) groups excluding carboxylic acids is 1. The SMILES string of the molecule is Cn1nc(C(F)(F)F)cc1C(=O)N[C@H]1COCc2nn(-c3ccnc(C(F)(F)F)c3)cc21. The molecule has 0 fully saturated rings. The number of rotatable bonds is 3. The van der Waals surface area contributed by atoms with Crippen molar-refractivity contribution in [3.63, 3.8) is 0 Å². The molecule has 0 radical (unpaired) electrons. The number of pyridine rings is 1. The summed E-state index contributed by atoms with van der Waals surface area (Å²) < 4.78 is 84.8. The predicted octanol–water partition coefficient (Wildman–Crippen LogP) is 3.04. The normalized spacial score (nSPS) is 16.7. The summed E-state index contributed by atoms with van der Waals surface area (Å²) in [4.78, 5) is 15.9. The highest BCUT2D eigenvalue weighted by molar-refractivity contribution is 5.93. The van der Waals surface area contributed by atoms with Crippen molar-refractivity contribution in [2.45, 2.75) is 25.0 Å². The molecule has 3 aromatic heterocycles. The second-order valence-electron chi connectivity index (χ2n) is 6.95. The van der Waals surface area contributed by atoms with Crippen molar-refractivity contribution >= 4 is 5.91 Å². The van der Waals surface area contributed by atoms with E-state index in [-0.39, 0.29) is 24.6 Å². The van der Waals surface area contributed by atoms with Crippen LogP contribution in [0.25, 0.3) is 5.69 Å². The number of ether oxygens (including phenoxy) is 1. The van der Waals surface area contributed by atoms with E-state index in [9.17, 15) is 31.1 Å². The summed E-state index contributed by atoms with van der Waals surface area (Å²) >= 11 is 0. The molecule has 8 nitrogen and oxygen atoms in total. The lowest BCUT2D eigenvalue weighted by Crippen LogP contribution is -2.34. The van der Waals surface area contributed by atoms with E-state index in [0.29, 0.717) is 17.3 Å². The van der Waals surface area contributed by atoms with Crippen LogP contribution in [0, 0.1) is 0 Å². The first-order chi connectivity index (χ1) is 14.9. The third-order valence-corrected chi connectivity index (χ3v) is 4.73. The van der Waals surface area contributed by atoms with E-state index in [4.69, 9.17) is 4.74 Å². The smallest absolute Gasteiger partial charge is 0.373 e. The lowest BCUT2D eigenvalue weighted by atomic mass is 10.1. The van der Waals surface area contributed by atoms with Gasteiger partial charge >= 0.3 is 12.4 Å². The Morgan fingerprint density at radius 3 is 2.50 bits per heavy atom. The van der Waals surface area contributed by atoms with Crippen molar-refractivity contribution in [1.82, 2.24) is 29.9 Å². The minimum absolute atomic E-state index is 0.00143. The summed E-state index contributed by atoms with van der Waals surface area (Å²) in [5, 5.41) is 10.1. The number of nitrogens with one attached hydrogen (secondary N) is 1. The molecule has 1 aliphatic rings. The largest absolute Gasteiger partial charge is 0.435 e. The Morgan fingerprint density at radius 2 is 1.84 bits per heavy atom. The van der Waals surface area contributed by atoms with E-state index in [0.717, 1.165) is 16.9 Å². The van der Waals surface area contributed by atoms with Gasteiger partial charge in [-0.2, -0.15) is 36.5 Å². The molecule has 3 aromatic rings. The molecule has 1 amide bonds. The zero-order chi connectivity index (χ0) is 23.3. The number of fused-ring (bicyclic) bond motifs is 1. The number of hydrogen-bond donors (Lipinski definition) is 1. The van der Waals surface area contributed by atoms with Gasteiger partial charge in [-0.25, -0.2) is 4.68 Å². The number of hydrogen-bond acceptors (Lipinski definition) is 5. The van der Waals surface area contributed by atoms with Crippen molar-refractivity contribution in [3.05, 3.63) is 58.9 Å². The van der Waals surface area contributed by atoms with Gasteiger partial charge in [0.05, 0.1) is 30.6 Å². The molecule has 0 aliphatic carbocycles. The molecule has 0 saturated heterocycles. The molecule has 1 aliphatic heterocycles. The quantitative estimate of drug-likeness (QED) is 0.608. The molecular weight excluding hydrogens is 446 g/mol. The van der Waals surface area contributed by atoms with Gasteiger partial charge in [-0.1, -0.05) is 0 Å². The van der Waals surface area contributed by atoms with E-state index in [2.05, 4.69) is 20.5 Å². The van der Waals surface area contributed by atoms with Gasteiger partial charge in [0, 0.05) is 31.1 Å². The van der Waals surface area contributed by atoms with Gasteiger partial charge in [-0.05, 0) is 12.1 Å². The van der Waals surface area contributed by atoms with Gasteiger partial charge in [0.2, 0.25) is 0 Å². The Labute approximate surface area is 175 Å². The van der Waals surface area contributed by atoms with Gasteiger partial charge in [0.1, 0.15) is 11.4 Å². The Bertz CT molecular complexity index is 1170. The van der Waals surface area contributed by atoms with Crippen LogP contribution in [0.2, 0.25) is 0 Å². The van der Waals surface area contributed by atoms with E-state index < -0.39 is 35.7 Å². The van der Waals surface area contributed by atoms with Gasteiger partial charge in [0.15, 0.2) is 5.69 Å². The summed E-state index contributed by atoms with van der Waals surface area (Å²) in [6.45, 7) is 0.0500. The average Bonchev–Trinajstić information content (AvgIpc) is 3.32. The van der Waals surface area contributed by atoms with Gasteiger partial charge < -0.3 is 10.1 Å². The molecule has 4 heterocycles. The Hall–Kier alpha value is -3.42. The third kappa shape index (κ3) is 4.17. The maximum absolute atomic E-state index is 12.9. The number of amides is 1. The molecule has 14 heteroatoms. The minimum Gasteiger partial charge on any atom is -0.373 e. The first kappa shape index (κ1) is 21.8. The molecule has 0 bridgehead atoms. The average molecular weight is 460 g/mol. The van der Waals surface area contributed by atoms with E-state index in [1.54, 1.807) is 0 Å². The van der Waals surface area contributed by atoms with Crippen molar-refractivity contribution in [2.24, 2.45) is 7.05 Å². The van der Waals surface area contributed by atoms with Crippen molar-refractivity contribution in [3.8, 4) is 5.69 Å². The van der Waals surface area contributed by atoms with Gasteiger partial charge in [-0.3, -0.25) is 14.5 Å². The Kier molecular flexibility index (Phi) is 5.19. The van der Waals surface area contributed by atoms with Crippen molar-refractivity contribution in [1.29, 1.82) is 0 Å². The standard InChI is InChI=1S/C18H14F6N6O2/c1-29-13(5-15(28-29)18(22,23)24)16(31)26-11-7-32-8-12-10(11)6-30(27-12)9-2-3-25-14(4-9)17(19,20)21/h2-6,11H,7-8H2,1H3,(H,26,31)/t11-/m0/s1. The number of aryl methyl sites for hydroxylation is 1. The second-order valence-corrected chi connectivity index (χ2v) is 6.95. The minimum atomic E-state index is -4.71. The van der Waals surface area contributed by atoms with E-state index in [1.165, 1.54) is 24.0 Å². The number of halogens is 6. The topological polar surface area (TPSA) is 86.9 Å². The molecule has 1 N–H and O–H groups in total. The number of nitrogens with zero attached hydrogens (tertiary/aromatic N) is 5. The lowest BCUT2D eigenvalue weighted by molar-refractivity contribution is -0.142. The van der Waals surface area contributed by atoms with Crippen LogP contribution in [0.5, 0.6) is 0 Å². The van der Waals surface area contributed by atoms with Crippen LogP contribution in [0.15, 0.2) is 30.6 Å². The van der Waals surface area contributed by atoms with Crippen LogP contribution in [-0.4, -0.2) is 37.1 Å². The zero-order valence-corrected chi connectivity index (χ0v) is 16.2. The second kappa shape index (κ2) is 7.62. The molecule has 0 aromatic carbocycles. The van der Waals surface area contributed by atoms with Crippen LogP contribution in [0.1, 0.15) is 39.2 Å². The molecule has 0 unspecified atom stereocenters. The molecule has 0 saturated carbocycles.